The Morgan fingerprint density at radius 3 is 1.45 bits per heavy atom. The monoisotopic (exact) mass is 456 g/mol. The van der Waals surface area contributed by atoms with Gasteiger partial charge in [0.15, 0.2) is 0 Å². The first kappa shape index (κ1) is 19.7. The maximum atomic E-state index is 4.35. The van der Waals surface area contributed by atoms with Gasteiger partial charge in [-0.2, -0.15) is 0 Å². The molecule has 4 rings (SSSR count). The molecule has 142 valence electrons. The van der Waals surface area contributed by atoms with E-state index in [-0.39, 0.29) is 0 Å². The minimum atomic E-state index is -3.19. The normalized spacial score (nSPS) is 12.3. The Kier molecular flexibility index (Phi) is 5.42. The molecular formula is C27H22BrP. The molecule has 0 atom stereocenters. The van der Waals surface area contributed by atoms with E-state index >= 15 is 0 Å². The van der Waals surface area contributed by atoms with Crippen LogP contribution >= 0.6 is 20.8 Å². The minimum absolute atomic E-state index is 1.03. The van der Waals surface area contributed by atoms with E-state index in [0.717, 1.165) is 5.56 Å². The molecule has 0 fully saturated rings. The predicted octanol–water partition coefficient (Wildman–Crippen LogP) is 6.14. The van der Waals surface area contributed by atoms with Gasteiger partial charge in [0.25, 0.3) is 0 Å². The van der Waals surface area contributed by atoms with Crippen LogP contribution in [0.2, 0.25) is 0 Å². The standard InChI is InChI=1S/C27H22BrP/c1-23-12-11-13-24(22-23)20-21-29(28,25-14-5-2-6-15-25,26-16-7-3-8-17-26)27-18-9-4-10-19-27/h2-19,22H,1H3. The van der Waals surface area contributed by atoms with Gasteiger partial charge in [-0.05, 0) is 0 Å². The van der Waals surface area contributed by atoms with Gasteiger partial charge in [0, 0.05) is 0 Å². The van der Waals surface area contributed by atoms with Crippen molar-refractivity contribution in [2.75, 3.05) is 0 Å². The van der Waals surface area contributed by atoms with E-state index in [2.05, 4.69) is 149 Å². The fraction of sp³-hybridized carbons (Fsp3) is 0.0370. The average Bonchev–Trinajstić information content (AvgIpc) is 2.79. The summed E-state index contributed by atoms with van der Waals surface area (Å²) in [7, 11) is 0. The molecule has 0 saturated heterocycles. The zero-order valence-corrected chi connectivity index (χ0v) is 18.8. The van der Waals surface area contributed by atoms with Crippen molar-refractivity contribution in [3.8, 4) is 11.6 Å². The zero-order valence-electron chi connectivity index (χ0n) is 16.3. The fourth-order valence-corrected chi connectivity index (χ4v) is 9.87. The Morgan fingerprint density at radius 2 is 1.03 bits per heavy atom. The molecule has 0 aliphatic carbocycles. The summed E-state index contributed by atoms with van der Waals surface area (Å²) in [6, 6.07) is 40.3. The summed E-state index contributed by atoms with van der Waals surface area (Å²) < 4.78 is 0. The van der Waals surface area contributed by atoms with Crippen molar-refractivity contribution in [3.63, 3.8) is 0 Å². The summed E-state index contributed by atoms with van der Waals surface area (Å²) in [5.74, 6) is 3.52. The van der Waals surface area contributed by atoms with E-state index in [0.29, 0.717) is 0 Å². The van der Waals surface area contributed by atoms with E-state index in [4.69, 9.17) is 0 Å². The molecule has 0 aromatic heterocycles. The van der Waals surface area contributed by atoms with E-state index in [1.807, 2.05) is 0 Å². The van der Waals surface area contributed by atoms with E-state index in [1.54, 1.807) is 0 Å². The van der Waals surface area contributed by atoms with E-state index in [9.17, 15) is 0 Å². The topological polar surface area (TPSA) is 0 Å². The molecule has 0 unspecified atom stereocenters. The molecule has 0 nitrogen and oxygen atoms in total. The third-order valence-electron chi connectivity index (χ3n) is 5.15. The molecule has 0 N–H and O–H groups in total. The SMILES string of the molecule is Cc1cccc(C#CP(Br)(c2ccccc2)(c2ccccc2)c2ccccc2)c1. The Labute approximate surface area is 181 Å². The van der Waals surface area contributed by atoms with Crippen molar-refractivity contribution in [2.24, 2.45) is 0 Å². The average molecular weight is 457 g/mol. The maximum absolute atomic E-state index is 4.35. The van der Waals surface area contributed by atoms with E-state index < -0.39 is 5.31 Å². The summed E-state index contributed by atoms with van der Waals surface area (Å²) in [5, 5.41) is 0.427. The van der Waals surface area contributed by atoms with Crippen LogP contribution in [0.1, 0.15) is 11.1 Å². The van der Waals surface area contributed by atoms with Gasteiger partial charge in [-0.15, -0.1) is 0 Å². The van der Waals surface area contributed by atoms with Gasteiger partial charge in [0.1, 0.15) is 0 Å². The van der Waals surface area contributed by atoms with Gasteiger partial charge in [0.2, 0.25) is 0 Å². The molecule has 0 amide bonds. The molecule has 29 heavy (non-hydrogen) atoms. The van der Waals surface area contributed by atoms with Crippen molar-refractivity contribution < 1.29 is 0 Å². The molecule has 0 bridgehead atoms. The molecule has 4 aromatic carbocycles. The Hall–Kier alpha value is -2.65. The molecule has 0 spiro atoms. The summed E-state index contributed by atoms with van der Waals surface area (Å²) in [6.45, 7) is 2.10. The van der Waals surface area contributed by atoms with Gasteiger partial charge >= 0.3 is 182 Å². The van der Waals surface area contributed by atoms with Gasteiger partial charge in [-0.25, -0.2) is 0 Å². The second-order valence-electron chi connectivity index (χ2n) is 7.12. The Morgan fingerprint density at radius 1 is 0.586 bits per heavy atom. The summed E-state index contributed by atoms with van der Waals surface area (Å²) >= 11 is 4.35. The first-order valence-electron chi connectivity index (χ1n) is 9.62. The van der Waals surface area contributed by atoms with Crippen LogP contribution in [0.3, 0.4) is 0 Å². The number of aryl methyl sites for hydroxylation is 1. The number of hydrogen-bond donors (Lipinski definition) is 0. The van der Waals surface area contributed by atoms with Crippen molar-refractivity contribution in [3.05, 3.63) is 126 Å². The summed E-state index contributed by atoms with van der Waals surface area (Å²) in [6.07, 6.45) is 0. The number of rotatable bonds is 3. The predicted molar refractivity (Wildman–Crippen MR) is 132 cm³/mol. The first-order chi connectivity index (χ1) is 14.1. The first-order valence-corrected chi connectivity index (χ1v) is 13.9. The van der Waals surface area contributed by atoms with Crippen LogP contribution in [0, 0.1) is 18.5 Å². The van der Waals surface area contributed by atoms with Crippen LogP contribution in [0.5, 0.6) is 0 Å². The third kappa shape index (κ3) is 3.56. The van der Waals surface area contributed by atoms with Crippen LogP contribution in [0.25, 0.3) is 0 Å². The molecule has 4 aromatic rings. The summed E-state index contributed by atoms with van der Waals surface area (Å²) in [5.41, 5.74) is 6.04. The Bertz CT molecular complexity index is 1070. The fourth-order valence-electron chi connectivity index (χ4n) is 3.66. The number of hydrogen-bond acceptors (Lipinski definition) is 0. The summed E-state index contributed by atoms with van der Waals surface area (Å²) in [4.78, 5) is 0. The van der Waals surface area contributed by atoms with Crippen LogP contribution in [-0.4, -0.2) is 0 Å². The quantitative estimate of drug-likeness (QED) is 0.256. The second kappa shape index (κ2) is 8.00. The zero-order chi connectivity index (χ0) is 20.2. The van der Waals surface area contributed by atoms with Crippen molar-refractivity contribution in [1.29, 1.82) is 0 Å². The van der Waals surface area contributed by atoms with Crippen molar-refractivity contribution in [1.82, 2.24) is 0 Å². The third-order valence-corrected chi connectivity index (χ3v) is 13.7. The van der Waals surface area contributed by atoms with Gasteiger partial charge in [-0.1, -0.05) is 0 Å². The molecule has 0 radical (unpaired) electrons. The van der Waals surface area contributed by atoms with Gasteiger partial charge < -0.3 is 0 Å². The molecule has 0 saturated carbocycles. The van der Waals surface area contributed by atoms with Crippen molar-refractivity contribution >= 4 is 36.7 Å². The van der Waals surface area contributed by atoms with Crippen LogP contribution in [0.15, 0.2) is 115 Å². The van der Waals surface area contributed by atoms with Crippen LogP contribution in [0.4, 0.5) is 0 Å². The Balaban J connectivity index is 2.11. The number of halogens is 1. The van der Waals surface area contributed by atoms with Crippen molar-refractivity contribution in [2.45, 2.75) is 6.92 Å². The van der Waals surface area contributed by atoms with Gasteiger partial charge in [-0.3, -0.25) is 0 Å². The molecular weight excluding hydrogens is 435 g/mol. The van der Waals surface area contributed by atoms with E-state index in [1.165, 1.54) is 21.5 Å². The molecule has 0 aliphatic heterocycles. The van der Waals surface area contributed by atoms with Gasteiger partial charge in [0.05, 0.1) is 0 Å². The second-order valence-corrected chi connectivity index (χ2v) is 15.2. The molecule has 2 heteroatoms. The van der Waals surface area contributed by atoms with Crippen LogP contribution < -0.4 is 15.9 Å². The molecule has 0 heterocycles. The molecule has 0 aliphatic rings. The van der Waals surface area contributed by atoms with Crippen LogP contribution in [-0.2, 0) is 0 Å². The number of benzene rings is 4.